The summed E-state index contributed by atoms with van der Waals surface area (Å²) in [4.78, 5) is 11.9. The van der Waals surface area contributed by atoms with E-state index in [9.17, 15) is 4.79 Å². The summed E-state index contributed by atoms with van der Waals surface area (Å²) in [6.45, 7) is 8.34. The first kappa shape index (κ1) is 11.2. The van der Waals surface area contributed by atoms with Gasteiger partial charge in [0.15, 0.2) is 0 Å². The molecule has 1 aliphatic rings. The summed E-state index contributed by atoms with van der Waals surface area (Å²) in [5.74, 6) is 0. The Labute approximate surface area is 95.6 Å². The molecule has 0 unspecified atom stereocenters. The molecule has 0 radical (unpaired) electrons. The third-order valence-corrected chi connectivity index (χ3v) is 2.83. The van der Waals surface area contributed by atoms with Crippen molar-refractivity contribution < 1.29 is 0 Å². The van der Waals surface area contributed by atoms with Crippen molar-refractivity contribution >= 4 is 0 Å². The molecule has 0 aliphatic heterocycles. The number of nitrogens with one attached hydrogen (secondary N) is 1. The maximum Gasteiger partial charge on any atom is 0.328 e. The molecule has 88 valence electrons. The van der Waals surface area contributed by atoms with Crippen LogP contribution in [0.25, 0.3) is 0 Å². The molecule has 1 aromatic heterocycles. The molecular formula is C12H19N3O. The minimum absolute atomic E-state index is 0.0974. The van der Waals surface area contributed by atoms with Crippen molar-refractivity contribution in [1.29, 1.82) is 0 Å². The summed E-state index contributed by atoms with van der Waals surface area (Å²) in [6, 6.07) is 0.454. The van der Waals surface area contributed by atoms with Crippen LogP contribution in [0, 0.1) is 0 Å². The largest absolute Gasteiger partial charge is 0.328 e. The fourth-order valence-electron chi connectivity index (χ4n) is 1.78. The monoisotopic (exact) mass is 221 g/mol. The molecule has 1 aromatic rings. The second-order valence-electron chi connectivity index (χ2n) is 4.38. The van der Waals surface area contributed by atoms with Crippen LogP contribution in [0.1, 0.15) is 25.8 Å². The normalized spacial score (nSPS) is 15.3. The predicted molar refractivity (Wildman–Crippen MR) is 64.6 cm³/mol. The van der Waals surface area contributed by atoms with Gasteiger partial charge in [0.25, 0.3) is 0 Å². The standard InChI is InChI=1S/C12H19N3O/c1-3-13-8-10(2)9-14-6-7-15(12(14)16)11-4-5-11/h6-7,11,13H,2-5,8-9H2,1H3. The van der Waals surface area contributed by atoms with Gasteiger partial charge in [-0.1, -0.05) is 13.5 Å². The third kappa shape index (κ3) is 2.44. The number of hydrogen-bond donors (Lipinski definition) is 1. The fraction of sp³-hybridized carbons (Fsp3) is 0.583. The van der Waals surface area contributed by atoms with E-state index in [1.165, 1.54) is 0 Å². The Morgan fingerprint density at radius 1 is 1.56 bits per heavy atom. The van der Waals surface area contributed by atoms with E-state index in [1.54, 1.807) is 4.57 Å². The van der Waals surface area contributed by atoms with E-state index in [0.29, 0.717) is 12.6 Å². The summed E-state index contributed by atoms with van der Waals surface area (Å²) in [5, 5.41) is 3.21. The molecule has 1 N–H and O–H groups in total. The maximum atomic E-state index is 11.9. The maximum absolute atomic E-state index is 11.9. The van der Waals surface area contributed by atoms with E-state index in [4.69, 9.17) is 0 Å². The van der Waals surface area contributed by atoms with Gasteiger partial charge in [-0.2, -0.15) is 0 Å². The van der Waals surface area contributed by atoms with Crippen LogP contribution >= 0.6 is 0 Å². The Bertz CT molecular complexity index is 426. The van der Waals surface area contributed by atoms with Crippen LogP contribution in [0.2, 0.25) is 0 Å². The van der Waals surface area contributed by atoms with Crippen molar-refractivity contribution in [3.8, 4) is 0 Å². The fourth-order valence-corrected chi connectivity index (χ4v) is 1.78. The minimum atomic E-state index is 0.0974. The first-order chi connectivity index (χ1) is 7.72. The second-order valence-corrected chi connectivity index (χ2v) is 4.38. The molecule has 4 nitrogen and oxygen atoms in total. The molecule has 4 heteroatoms. The summed E-state index contributed by atoms with van der Waals surface area (Å²) >= 11 is 0. The van der Waals surface area contributed by atoms with Crippen LogP contribution in [0.5, 0.6) is 0 Å². The zero-order chi connectivity index (χ0) is 11.5. The first-order valence-corrected chi connectivity index (χ1v) is 5.87. The van der Waals surface area contributed by atoms with Crippen molar-refractivity contribution in [3.05, 3.63) is 35.0 Å². The molecule has 0 spiro atoms. The summed E-state index contributed by atoms with van der Waals surface area (Å²) in [5.41, 5.74) is 1.14. The Hall–Kier alpha value is -1.29. The van der Waals surface area contributed by atoms with Gasteiger partial charge in [0.2, 0.25) is 0 Å². The molecule has 0 bridgehead atoms. The number of aromatic nitrogens is 2. The van der Waals surface area contributed by atoms with Gasteiger partial charge in [-0.3, -0.25) is 9.13 Å². The highest BCUT2D eigenvalue weighted by atomic mass is 16.1. The van der Waals surface area contributed by atoms with Crippen molar-refractivity contribution in [2.75, 3.05) is 13.1 Å². The average Bonchev–Trinajstić information content (AvgIpc) is 3.04. The highest BCUT2D eigenvalue weighted by Gasteiger charge is 2.25. The lowest BCUT2D eigenvalue weighted by molar-refractivity contribution is 0.638. The summed E-state index contributed by atoms with van der Waals surface area (Å²) in [6.07, 6.45) is 6.03. The van der Waals surface area contributed by atoms with E-state index in [1.807, 2.05) is 17.0 Å². The molecule has 16 heavy (non-hydrogen) atoms. The Balaban J connectivity index is 1.99. The molecule has 0 aromatic carbocycles. The number of imidazole rings is 1. The van der Waals surface area contributed by atoms with E-state index < -0.39 is 0 Å². The Morgan fingerprint density at radius 3 is 2.94 bits per heavy atom. The van der Waals surface area contributed by atoms with Gasteiger partial charge in [0.1, 0.15) is 0 Å². The lowest BCUT2D eigenvalue weighted by Crippen LogP contribution is -2.26. The highest BCUT2D eigenvalue weighted by Crippen LogP contribution is 2.33. The van der Waals surface area contributed by atoms with Gasteiger partial charge in [-0.25, -0.2) is 4.79 Å². The summed E-state index contributed by atoms with van der Waals surface area (Å²) < 4.78 is 3.57. The van der Waals surface area contributed by atoms with Crippen LogP contribution in [-0.4, -0.2) is 22.2 Å². The van der Waals surface area contributed by atoms with Crippen molar-refractivity contribution in [3.63, 3.8) is 0 Å². The van der Waals surface area contributed by atoms with Gasteiger partial charge in [0, 0.05) is 31.5 Å². The molecule has 1 fully saturated rings. The van der Waals surface area contributed by atoms with Crippen LogP contribution < -0.4 is 11.0 Å². The van der Waals surface area contributed by atoms with Crippen LogP contribution in [0.4, 0.5) is 0 Å². The quantitative estimate of drug-likeness (QED) is 0.732. The van der Waals surface area contributed by atoms with Crippen molar-refractivity contribution in [1.82, 2.24) is 14.5 Å². The number of hydrogen-bond acceptors (Lipinski definition) is 2. The Morgan fingerprint density at radius 2 is 2.31 bits per heavy atom. The van der Waals surface area contributed by atoms with E-state index in [2.05, 4.69) is 18.8 Å². The lowest BCUT2D eigenvalue weighted by Gasteiger charge is -2.06. The first-order valence-electron chi connectivity index (χ1n) is 5.87. The highest BCUT2D eigenvalue weighted by molar-refractivity contribution is 5.00. The van der Waals surface area contributed by atoms with Gasteiger partial charge < -0.3 is 5.32 Å². The average molecular weight is 221 g/mol. The molecule has 0 atom stereocenters. The molecule has 1 saturated carbocycles. The van der Waals surface area contributed by atoms with Crippen molar-refractivity contribution in [2.45, 2.75) is 32.4 Å². The van der Waals surface area contributed by atoms with Gasteiger partial charge in [-0.15, -0.1) is 0 Å². The van der Waals surface area contributed by atoms with Crippen molar-refractivity contribution in [2.24, 2.45) is 0 Å². The SMILES string of the molecule is C=C(CNCC)Cn1ccn(C2CC2)c1=O. The second kappa shape index (κ2) is 4.70. The van der Waals surface area contributed by atoms with E-state index in [0.717, 1.165) is 31.5 Å². The molecular weight excluding hydrogens is 202 g/mol. The van der Waals surface area contributed by atoms with Gasteiger partial charge >= 0.3 is 5.69 Å². The van der Waals surface area contributed by atoms with Gasteiger partial charge in [-0.05, 0) is 25.0 Å². The molecule has 1 heterocycles. The number of likely N-dealkylation sites (N-methyl/N-ethyl adjacent to an activating group) is 1. The third-order valence-electron chi connectivity index (χ3n) is 2.83. The van der Waals surface area contributed by atoms with Gasteiger partial charge in [0.05, 0.1) is 0 Å². The molecule has 1 aliphatic carbocycles. The van der Waals surface area contributed by atoms with E-state index in [-0.39, 0.29) is 5.69 Å². The predicted octanol–water partition coefficient (Wildman–Crippen LogP) is 1.15. The molecule has 0 saturated heterocycles. The Kier molecular flexibility index (Phi) is 3.29. The summed E-state index contributed by atoms with van der Waals surface area (Å²) in [7, 11) is 0. The number of nitrogens with zero attached hydrogens (tertiary/aromatic N) is 2. The van der Waals surface area contributed by atoms with Crippen LogP contribution in [0.3, 0.4) is 0 Å². The number of rotatable bonds is 6. The lowest BCUT2D eigenvalue weighted by atomic mass is 10.3. The smallest absolute Gasteiger partial charge is 0.313 e. The topological polar surface area (TPSA) is 39.0 Å². The van der Waals surface area contributed by atoms with E-state index >= 15 is 0 Å². The zero-order valence-corrected chi connectivity index (χ0v) is 9.78. The zero-order valence-electron chi connectivity index (χ0n) is 9.78. The molecule has 2 rings (SSSR count). The molecule has 0 amide bonds. The minimum Gasteiger partial charge on any atom is -0.313 e. The van der Waals surface area contributed by atoms with Crippen LogP contribution in [-0.2, 0) is 6.54 Å². The van der Waals surface area contributed by atoms with Crippen LogP contribution in [0.15, 0.2) is 29.3 Å².